The molecule has 26 heavy (non-hydrogen) atoms. The average molecular weight is 348 g/mol. The number of carbonyl (C=O) groups excluding carboxylic acids is 1. The first kappa shape index (κ1) is 15.3. The molecule has 3 aromatic rings. The number of aryl methyl sites for hydroxylation is 1. The Bertz CT molecular complexity index is 981. The number of rotatable bonds is 0. The summed E-state index contributed by atoms with van der Waals surface area (Å²) in [6.07, 6.45) is 9.27. The topological polar surface area (TPSA) is 75.4 Å². The van der Waals surface area contributed by atoms with Crippen LogP contribution in [0.2, 0.25) is 0 Å². The van der Waals surface area contributed by atoms with Gasteiger partial charge in [-0.05, 0) is 43.4 Å². The second-order valence-electron chi connectivity index (χ2n) is 6.86. The van der Waals surface area contributed by atoms with Gasteiger partial charge in [0.15, 0.2) is 5.65 Å². The predicted molar refractivity (Wildman–Crippen MR) is 97.2 cm³/mol. The number of aromatic nitrogens is 4. The highest BCUT2D eigenvalue weighted by molar-refractivity contribution is 5.99. The SMILES string of the molecule is O=C1NCCCc2ncccc2C2CCCN2c2ccn3ncc1c3n2. The van der Waals surface area contributed by atoms with Crippen molar-refractivity contribution in [3.8, 4) is 0 Å². The van der Waals surface area contributed by atoms with Gasteiger partial charge in [0.2, 0.25) is 0 Å². The lowest BCUT2D eigenvalue weighted by Crippen LogP contribution is -2.25. The minimum Gasteiger partial charge on any atom is -0.352 e. The highest BCUT2D eigenvalue weighted by atomic mass is 16.1. The van der Waals surface area contributed by atoms with E-state index in [2.05, 4.69) is 26.4 Å². The van der Waals surface area contributed by atoms with Crippen molar-refractivity contribution in [3.05, 3.63) is 53.6 Å². The van der Waals surface area contributed by atoms with Crippen LogP contribution in [0.3, 0.4) is 0 Å². The highest BCUT2D eigenvalue weighted by Gasteiger charge is 2.30. The molecular weight excluding hydrogens is 328 g/mol. The molecule has 2 aliphatic rings. The van der Waals surface area contributed by atoms with Gasteiger partial charge in [0.1, 0.15) is 11.4 Å². The summed E-state index contributed by atoms with van der Waals surface area (Å²) in [6, 6.07) is 6.47. The maximum Gasteiger partial charge on any atom is 0.256 e. The number of anilines is 1. The van der Waals surface area contributed by atoms with Crippen molar-refractivity contribution >= 4 is 17.4 Å². The maximum atomic E-state index is 12.5. The van der Waals surface area contributed by atoms with E-state index < -0.39 is 0 Å². The van der Waals surface area contributed by atoms with Gasteiger partial charge in [0, 0.05) is 31.2 Å². The molecule has 5 heterocycles. The van der Waals surface area contributed by atoms with E-state index in [1.165, 1.54) is 5.56 Å². The van der Waals surface area contributed by atoms with Crippen LogP contribution in [0.5, 0.6) is 0 Å². The van der Waals surface area contributed by atoms with Crippen molar-refractivity contribution < 1.29 is 4.79 Å². The Morgan fingerprint density at radius 1 is 1.23 bits per heavy atom. The first-order valence-corrected chi connectivity index (χ1v) is 9.14. The van der Waals surface area contributed by atoms with Gasteiger partial charge < -0.3 is 10.2 Å². The molecule has 1 unspecified atom stereocenters. The Labute approximate surface area is 151 Å². The van der Waals surface area contributed by atoms with Crippen LogP contribution in [-0.4, -0.2) is 38.6 Å². The van der Waals surface area contributed by atoms with E-state index in [0.29, 0.717) is 17.8 Å². The van der Waals surface area contributed by atoms with Gasteiger partial charge in [-0.3, -0.25) is 9.78 Å². The Morgan fingerprint density at radius 3 is 3.15 bits per heavy atom. The number of nitrogens with one attached hydrogen (secondary N) is 1. The molecule has 2 bridgehead atoms. The summed E-state index contributed by atoms with van der Waals surface area (Å²) in [5.74, 6) is 0.770. The molecule has 0 aliphatic carbocycles. The molecule has 0 spiro atoms. The van der Waals surface area contributed by atoms with Crippen LogP contribution in [-0.2, 0) is 6.42 Å². The molecule has 0 aromatic carbocycles. The zero-order chi connectivity index (χ0) is 17.5. The smallest absolute Gasteiger partial charge is 0.256 e. The Hall–Kier alpha value is -2.96. The fraction of sp³-hybridized carbons (Fsp3) is 0.368. The predicted octanol–water partition coefficient (Wildman–Crippen LogP) is 2.14. The molecule has 7 heteroatoms. The van der Waals surface area contributed by atoms with Crippen LogP contribution in [0.15, 0.2) is 36.8 Å². The van der Waals surface area contributed by atoms with E-state index >= 15 is 0 Å². The molecule has 3 aromatic heterocycles. The zero-order valence-electron chi connectivity index (χ0n) is 14.4. The van der Waals surface area contributed by atoms with Crippen LogP contribution in [0, 0.1) is 0 Å². The molecular formula is C19H20N6O. The molecule has 0 saturated carbocycles. The number of carbonyl (C=O) groups is 1. The monoisotopic (exact) mass is 348 g/mol. The summed E-state index contributed by atoms with van der Waals surface area (Å²) in [6.45, 7) is 1.57. The standard InChI is InChI=1S/C19H20N6O/c26-19-14-12-22-25-11-7-17(23-18(14)25)24-10-3-6-16(24)13-4-1-8-20-15(13)5-2-9-21-19/h1,4,7-8,11-12,16H,2-3,5-6,9-10H2,(H,21,26). The lowest BCUT2D eigenvalue weighted by atomic mass is 10.00. The Morgan fingerprint density at radius 2 is 2.19 bits per heavy atom. The quantitative estimate of drug-likeness (QED) is 0.674. The minimum absolute atomic E-state index is 0.122. The molecule has 1 fully saturated rings. The third kappa shape index (κ3) is 2.42. The van der Waals surface area contributed by atoms with E-state index in [4.69, 9.17) is 4.98 Å². The molecule has 0 radical (unpaired) electrons. The second-order valence-corrected chi connectivity index (χ2v) is 6.86. The van der Waals surface area contributed by atoms with E-state index in [-0.39, 0.29) is 11.9 Å². The Kier molecular flexibility index (Phi) is 3.58. The fourth-order valence-corrected chi connectivity index (χ4v) is 4.06. The van der Waals surface area contributed by atoms with Crippen molar-refractivity contribution in [2.75, 3.05) is 18.0 Å². The highest BCUT2D eigenvalue weighted by Crippen LogP contribution is 2.36. The normalized spacial score (nSPS) is 20.1. The second kappa shape index (κ2) is 6.09. The average Bonchev–Trinajstić information content (AvgIpc) is 3.31. The van der Waals surface area contributed by atoms with Crippen LogP contribution < -0.4 is 10.2 Å². The van der Waals surface area contributed by atoms with Gasteiger partial charge in [0.05, 0.1) is 12.2 Å². The van der Waals surface area contributed by atoms with Crippen molar-refractivity contribution in [2.24, 2.45) is 0 Å². The lowest BCUT2D eigenvalue weighted by molar-refractivity contribution is 0.0954. The number of pyridine rings is 1. The van der Waals surface area contributed by atoms with E-state index in [9.17, 15) is 4.79 Å². The third-order valence-electron chi connectivity index (χ3n) is 5.31. The molecule has 1 saturated heterocycles. The van der Waals surface area contributed by atoms with E-state index in [1.807, 2.05) is 24.5 Å². The van der Waals surface area contributed by atoms with Crippen LogP contribution in [0.4, 0.5) is 5.82 Å². The summed E-state index contributed by atoms with van der Waals surface area (Å²) in [4.78, 5) is 24.3. The third-order valence-corrected chi connectivity index (χ3v) is 5.31. The lowest BCUT2D eigenvalue weighted by Gasteiger charge is -2.27. The summed E-state index contributed by atoms with van der Waals surface area (Å²) >= 11 is 0. The summed E-state index contributed by atoms with van der Waals surface area (Å²) < 4.78 is 1.67. The van der Waals surface area contributed by atoms with Crippen LogP contribution in [0.1, 0.15) is 46.9 Å². The maximum absolute atomic E-state index is 12.5. The first-order valence-electron chi connectivity index (χ1n) is 9.14. The largest absolute Gasteiger partial charge is 0.352 e. The van der Waals surface area contributed by atoms with Crippen LogP contribution >= 0.6 is 0 Å². The van der Waals surface area contributed by atoms with Crippen molar-refractivity contribution in [3.63, 3.8) is 0 Å². The van der Waals surface area contributed by atoms with E-state index in [0.717, 1.165) is 43.7 Å². The van der Waals surface area contributed by atoms with Gasteiger partial charge in [-0.1, -0.05) is 6.07 Å². The summed E-state index contributed by atoms with van der Waals surface area (Å²) in [5, 5.41) is 7.25. The van der Waals surface area contributed by atoms with Gasteiger partial charge in [-0.25, -0.2) is 9.50 Å². The Balaban J connectivity index is 1.67. The van der Waals surface area contributed by atoms with Gasteiger partial charge >= 0.3 is 0 Å². The number of hydrogen-bond donors (Lipinski definition) is 1. The van der Waals surface area contributed by atoms with Gasteiger partial charge in [0.25, 0.3) is 5.91 Å². The van der Waals surface area contributed by atoms with Gasteiger partial charge in [-0.2, -0.15) is 5.10 Å². The van der Waals surface area contributed by atoms with Crippen molar-refractivity contribution in [1.82, 2.24) is 24.9 Å². The fourth-order valence-electron chi connectivity index (χ4n) is 4.06. The molecule has 1 atom stereocenters. The number of hydrogen-bond acceptors (Lipinski definition) is 5. The van der Waals surface area contributed by atoms with E-state index in [1.54, 1.807) is 10.7 Å². The molecule has 132 valence electrons. The zero-order valence-corrected chi connectivity index (χ0v) is 14.4. The molecule has 1 amide bonds. The number of fused-ring (bicyclic) bond motifs is 5. The van der Waals surface area contributed by atoms with Crippen molar-refractivity contribution in [2.45, 2.75) is 31.7 Å². The molecule has 1 N–H and O–H groups in total. The summed E-state index contributed by atoms with van der Waals surface area (Å²) in [7, 11) is 0. The minimum atomic E-state index is -0.122. The number of amides is 1. The molecule has 7 nitrogen and oxygen atoms in total. The molecule has 2 aliphatic heterocycles. The number of nitrogens with zero attached hydrogens (tertiary/aromatic N) is 5. The van der Waals surface area contributed by atoms with Gasteiger partial charge in [-0.15, -0.1) is 0 Å². The van der Waals surface area contributed by atoms with Crippen molar-refractivity contribution in [1.29, 1.82) is 0 Å². The van der Waals surface area contributed by atoms with Crippen LogP contribution in [0.25, 0.3) is 5.65 Å². The summed E-state index contributed by atoms with van der Waals surface area (Å²) in [5.41, 5.74) is 3.54. The molecule has 5 rings (SSSR count). The first-order chi connectivity index (χ1) is 12.8.